The summed E-state index contributed by atoms with van der Waals surface area (Å²) in [4.78, 5) is 63.2. The lowest BCUT2D eigenvalue weighted by atomic mass is 9.79. The number of carbonyl (C=O) groups is 4. The van der Waals surface area contributed by atoms with Crippen molar-refractivity contribution in [3.63, 3.8) is 0 Å². The summed E-state index contributed by atoms with van der Waals surface area (Å²) in [7, 11) is -2.42. The van der Waals surface area contributed by atoms with E-state index in [1.54, 1.807) is 53.0 Å². The largest absolute Gasteiger partial charge is 0.497 e. The third-order valence-corrected chi connectivity index (χ3v) is 14.7. The van der Waals surface area contributed by atoms with Crippen LogP contribution < -0.4 is 14.2 Å². The number of ether oxygens (including phenoxy) is 3. The van der Waals surface area contributed by atoms with Crippen molar-refractivity contribution >= 4 is 56.0 Å². The number of ketones is 1. The van der Waals surface area contributed by atoms with Crippen LogP contribution in [0, 0.1) is 29.1 Å². The average Bonchev–Trinajstić information content (AvgIpc) is 4.01. The summed E-state index contributed by atoms with van der Waals surface area (Å²) in [6.45, 7) is 11.1. The Balaban J connectivity index is 1.38. The van der Waals surface area contributed by atoms with Gasteiger partial charge in [-0.1, -0.05) is 44.0 Å². The molecule has 14 heteroatoms. The van der Waals surface area contributed by atoms with Gasteiger partial charge in [-0.05, 0) is 102 Å². The Morgan fingerprint density at radius 1 is 1.12 bits per heavy atom. The molecule has 1 N–H and O–H groups in total. The third kappa shape index (κ3) is 8.88. The maximum absolute atomic E-state index is 15.0. The van der Waals surface area contributed by atoms with Crippen LogP contribution in [0.2, 0.25) is 5.02 Å². The molecule has 1 aromatic carbocycles. The number of aromatic nitrogens is 1. The van der Waals surface area contributed by atoms with Crippen molar-refractivity contribution in [2.24, 2.45) is 29.1 Å². The van der Waals surface area contributed by atoms with Gasteiger partial charge < -0.3 is 19.1 Å². The molecule has 2 saturated carbocycles. The minimum atomic E-state index is -3.96. The molecule has 6 rings (SSSR count). The van der Waals surface area contributed by atoms with Crippen LogP contribution in [0.1, 0.15) is 106 Å². The monoisotopic (exact) mass is 813 g/mol. The zero-order valence-electron chi connectivity index (χ0n) is 33.6. The molecule has 306 valence electrons. The van der Waals surface area contributed by atoms with E-state index in [2.05, 4.69) is 16.6 Å². The summed E-state index contributed by atoms with van der Waals surface area (Å²) in [5.41, 5.74) is -2.04. The number of carbonyl (C=O) groups excluding carboxylic acids is 4. The quantitative estimate of drug-likeness (QED) is 0.207. The average molecular weight is 814 g/mol. The van der Waals surface area contributed by atoms with Gasteiger partial charge in [0.15, 0.2) is 5.78 Å². The molecular weight excluding hydrogens is 758 g/mol. The predicted octanol–water partition coefficient (Wildman–Crippen LogP) is 6.96. The molecule has 2 aliphatic heterocycles. The van der Waals surface area contributed by atoms with Crippen LogP contribution >= 0.6 is 11.6 Å². The van der Waals surface area contributed by atoms with E-state index >= 15 is 4.79 Å². The van der Waals surface area contributed by atoms with E-state index in [1.165, 1.54) is 11.1 Å². The van der Waals surface area contributed by atoms with Gasteiger partial charge in [-0.25, -0.2) is 13.4 Å². The molecule has 0 spiro atoms. The SMILES string of the molecule is CC[C@@H]1C[C@H](C)CC/C=C\[C@@H]2C[C@@]2(C(=O)NS(=O)(=O)C2(C)CC2)CC(=O)[C@@H]2C[C@@H](Oc3ncc(Cl)c4ccc(OC)cc34)CN2C(=O)[C@H]1CC(=O)OC(C)(C)C. The van der Waals surface area contributed by atoms with E-state index in [4.69, 9.17) is 25.8 Å². The summed E-state index contributed by atoms with van der Waals surface area (Å²) >= 11 is 6.50. The molecule has 56 heavy (non-hydrogen) atoms. The fraction of sp³-hybridized carbons (Fsp3) is 0.643. The number of rotatable bonds is 9. The van der Waals surface area contributed by atoms with E-state index in [0.29, 0.717) is 60.1 Å². The number of nitrogens with one attached hydrogen (secondary N) is 1. The second kappa shape index (κ2) is 15.9. The highest BCUT2D eigenvalue weighted by Gasteiger charge is 2.62. The van der Waals surface area contributed by atoms with Gasteiger partial charge in [-0.2, -0.15) is 0 Å². The van der Waals surface area contributed by atoms with Gasteiger partial charge in [-0.15, -0.1) is 0 Å². The van der Waals surface area contributed by atoms with Crippen LogP contribution in [0.3, 0.4) is 0 Å². The summed E-state index contributed by atoms with van der Waals surface area (Å²) in [5, 5.41) is 1.69. The molecule has 7 atom stereocenters. The van der Waals surface area contributed by atoms with E-state index < -0.39 is 55.7 Å². The van der Waals surface area contributed by atoms with Crippen molar-refractivity contribution in [3.05, 3.63) is 41.6 Å². The van der Waals surface area contributed by atoms with E-state index in [0.717, 1.165) is 6.42 Å². The number of amides is 2. The predicted molar refractivity (Wildman–Crippen MR) is 213 cm³/mol. The third-order valence-electron chi connectivity index (χ3n) is 12.2. The van der Waals surface area contributed by atoms with E-state index in [1.807, 2.05) is 19.1 Å². The number of esters is 1. The Bertz CT molecular complexity index is 2010. The van der Waals surface area contributed by atoms with E-state index in [9.17, 15) is 22.8 Å². The first-order valence-corrected chi connectivity index (χ1v) is 21.7. The van der Waals surface area contributed by atoms with Crippen LogP contribution in [0.5, 0.6) is 11.6 Å². The van der Waals surface area contributed by atoms with Gasteiger partial charge in [0.05, 0.1) is 53.4 Å². The highest BCUT2D eigenvalue weighted by atomic mass is 35.5. The lowest BCUT2D eigenvalue weighted by Gasteiger charge is -2.33. The number of benzene rings is 1. The molecule has 1 aromatic heterocycles. The number of methoxy groups -OCH3 is 1. The van der Waals surface area contributed by atoms with E-state index in [-0.39, 0.29) is 61.1 Å². The number of fused-ring (bicyclic) bond motifs is 3. The minimum Gasteiger partial charge on any atom is -0.497 e. The number of hydrogen-bond donors (Lipinski definition) is 1. The highest BCUT2D eigenvalue weighted by Crippen LogP contribution is 2.58. The molecular formula is C42H56ClN3O9S. The number of pyridine rings is 1. The number of sulfonamides is 1. The topological polar surface area (TPSA) is 158 Å². The summed E-state index contributed by atoms with van der Waals surface area (Å²) in [5.74, 6) is -2.17. The molecule has 2 aromatic rings. The van der Waals surface area contributed by atoms with Crippen molar-refractivity contribution in [3.8, 4) is 11.6 Å². The standard InChI is InChI=1S/C42H56ClN3O9S/c1-8-26-17-25(2)11-9-10-12-27-21-42(27,39(50)45-56(51,52)41(6)15-16-41)22-35(47)34-19-29(24-46(34)38(49)31(26)20-36(48)55-40(3,4)5)54-37-32-18-28(53-7)13-14-30(32)33(43)23-44-37/h10,12-14,18,23,25-27,29,31,34H,8-9,11,15-17,19-22,24H2,1-7H3,(H,45,50)/b12-10-/t25-,26-,27-,29-,31+,34+,42-/m1/s1. The van der Waals surface area contributed by atoms with Crippen LogP contribution in [0.25, 0.3) is 10.8 Å². The molecule has 2 aliphatic carbocycles. The van der Waals surface area contributed by atoms with Gasteiger partial charge in [-0.3, -0.25) is 23.9 Å². The Labute approximate surface area is 335 Å². The van der Waals surface area contributed by atoms with Crippen LogP contribution in [-0.4, -0.2) is 78.0 Å². The summed E-state index contributed by atoms with van der Waals surface area (Å²) in [6.07, 6.45) is 8.52. The smallest absolute Gasteiger partial charge is 0.307 e. The first-order chi connectivity index (χ1) is 26.3. The summed E-state index contributed by atoms with van der Waals surface area (Å²) in [6, 6.07) is 4.34. The normalized spacial score (nSPS) is 30.0. The van der Waals surface area contributed by atoms with Gasteiger partial charge in [0.1, 0.15) is 17.5 Å². The number of hydrogen-bond acceptors (Lipinski definition) is 10. The molecule has 0 bridgehead atoms. The zero-order valence-corrected chi connectivity index (χ0v) is 35.1. The Kier molecular flexibility index (Phi) is 11.9. The number of Topliss-reactive ketones (excluding diaryl/α,β-unsaturated/α-hetero) is 1. The van der Waals surface area contributed by atoms with Gasteiger partial charge >= 0.3 is 5.97 Å². The number of nitrogens with zero attached hydrogens (tertiary/aromatic N) is 2. The van der Waals surface area contributed by atoms with Crippen molar-refractivity contribution < 1.29 is 41.8 Å². The van der Waals surface area contributed by atoms with Gasteiger partial charge in [0, 0.05) is 23.6 Å². The number of halogens is 1. The van der Waals surface area contributed by atoms with Gasteiger partial charge in [0.25, 0.3) is 0 Å². The molecule has 2 amide bonds. The lowest BCUT2D eigenvalue weighted by Crippen LogP contribution is -2.48. The minimum absolute atomic E-state index is 0.0249. The molecule has 1 saturated heterocycles. The second-order valence-electron chi connectivity index (χ2n) is 17.7. The Hall–Kier alpha value is -3.71. The van der Waals surface area contributed by atoms with Crippen LogP contribution in [0.15, 0.2) is 36.5 Å². The first kappa shape index (κ1) is 41.9. The summed E-state index contributed by atoms with van der Waals surface area (Å²) < 4.78 is 45.5. The zero-order chi connectivity index (χ0) is 40.8. The Morgan fingerprint density at radius 3 is 2.52 bits per heavy atom. The van der Waals surface area contributed by atoms with Crippen molar-refractivity contribution in [1.82, 2.24) is 14.6 Å². The van der Waals surface area contributed by atoms with Gasteiger partial charge in [0.2, 0.25) is 27.7 Å². The number of allylic oxidation sites excluding steroid dienone is 2. The molecule has 4 aliphatic rings. The maximum atomic E-state index is 15.0. The van der Waals surface area contributed by atoms with Crippen molar-refractivity contribution in [2.45, 2.75) is 128 Å². The molecule has 12 nitrogen and oxygen atoms in total. The highest BCUT2D eigenvalue weighted by molar-refractivity contribution is 7.91. The first-order valence-electron chi connectivity index (χ1n) is 19.9. The maximum Gasteiger partial charge on any atom is 0.307 e. The second-order valence-corrected chi connectivity index (χ2v) is 20.3. The fourth-order valence-corrected chi connectivity index (χ4v) is 9.99. The fourth-order valence-electron chi connectivity index (χ4n) is 8.45. The van der Waals surface area contributed by atoms with Crippen LogP contribution in [-0.2, 0) is 33.9 Å². The van der Waals surface area contributed by atoms with Crippen LogP contribution in [0.4, 0.5) is 0 Å². The molecule has 3 fully saturated rings. The molecule has 3 heterocycles. The molecule has 0 radical (unpaired) electrons. The Morgan fingerprint density at radius 2 is 1.86 bits per heavy atom. The van der Waals surface area contributed by atoms with Crippen molar-refractivity contribution in [1.29, 1.82) is 0 Å². The lowest BCUT2D eigenvalue weighted by molar-refractivity contribution is -0.160. The van der Waals surface area contributed by atoms with Crippen molar-refractivity contribution in [2.75, 3.05) is 13.7 Å². The molecule has 0 unspecified atom stereocenters.